The van der Waals surface area contributed by atoms with Crippen molar-refractivity contribution in [3.05, 3.63) is 9.70 Å². The van der Waals surface area contributed by atoms with Crippen LogP contribution in [0.3, 0.4) is 0 Å². The fourth-order valence-electron chi connectivity index (χ4n) is 1.36. The van der Waals surface area contributed by atoms with Gasteiger partial charge in [-0.3, -0.25) is 0 Å². The average molecular weight is 310 g/mol. The van der Waals surface area contributed by atoms with Crippen molar-refractivity contribution in [3.8, 4) is 0 Å². The first-order valence-electron chi connectivity index (χ1n) is 6.16. The molecule has 0 aliphatic heterocycles. The Morgan fingerprint density at radius 2 is 1.71 bits per heavy atom. The van der Waals surface area contributed by atoms with Crippen LogP contribution in [0.4, 0.5) is 0 Å². The van der Waals surface area contributed by atoms with E-state index in [1.165, 1.54) is 49.4 Å². The normalized spacial score (nSPS) is 12.1. The zero-order valence-corrected chi connectivity index (χ0v) is 12.5. The van der Waals surface area contributed by atoms with Gasteiger partial charge in [-0.15, -0.1) is 0 Å². The molecular weight excluding hydrogens is 284 g/mol. The Morgan fingerprint density at radius 3 is 2.29 bits per heavy atom. The van der Waals surface area contributed by atoms with E-state index in [9.17, 15) is 0 Å². The molecular formula is C13H26Te. The van der Waals surface area contributed by atoms with Gasteiger partial charge < -0.3 is 0 Å². The third-order valence-electron chi connectivity index (χ3n) is 2.24. The van der Waals surface area contributed by atoms with E-state index in [0.717, 1.165) is 0 Å². The second kappa shape index (κ2) is 11.6. The Bertz CT molecular complexity index is 126. The molecule has 0 saturated heterocycles. The van der Waals surface area contributed by atoms with E-state index in [4.69, 9.17) is 0 Å². The molecule has 1 heteroatoms. The summed E-state index contributed by atoms with van der Waals surface area (Å²) >= 11 is 0.214. The average Bonchev–Trinajstić information content (AvgIpc) is 2.18. The van der Waals surface area contributed by atoms with Crippen molar-refractivity contribution in [1.29, 1.82) is 0 Å². The van der Waals surface area contributed by atoms with Crippen molar-refractivity contribution >= 4 is 20.9 Å². The summed E-state index contributed by atoms with van der Waals surface area (Å²) in [4.78, 5) is 0. The summed E-state index contributed by atoms with van der Waals surface area (Å²) in [6.45, 7) is 6.86. The number of unbranched alkanes of at least 4 members (excludes halogenated alkanes) is 3. The van der Waals surface area contributed by atoms with E-state index in [2.05, 4.69) is 26.8 Å². The first kappa shape index (κ1) is 14.5. The van der Waals surface area contributed by atoms with Gasteiger partial charge in [-0.2, -0.15) is 0 Å². The van der Waals surface area contributed by atoms with E-state index in [0.29, 0.717) is 0 Å². The molecule has 0 aliphatic rings. The number of allylic oxidation sites excluding steroid dienone is 2. The molecule has 0 aromatic rings. The minimum atomic E-state index is 0.214. The van der Waals surface area contributed by atoms with Gasteiger partial charge in [0.1, 0.15) is 0 Å². The maximum atomic E-state index is 2.51. The minimum absolute atomic E-state index is 0.214. The van der Waals surface area contributed by atoms with Crippen LogP contribution in [0.5, 0.6) is 0 Å². The monoisotopic (exact) mass is 312 g/mol. The van der Waals surface area contributed by atoms with Crippen molar-refractivity contribution < 1.29 is 0 Å². The van der Waals surface area contributed by atoms with Crippen LogP contribution in [0.1, 0.15) is 65.7 Å². The third kappa shape index (κ3) is 9.10. The second-order valence-electron chi connectivity index (χ2n) is 3.74. The van der Waals surface area contributed by atoms with Crippen molar-refractivity contribution in [1.82, 2.24) is 0 Å². The molecule has 0 fully saturated rings. The molecule has 0 N–H and O–H groups in total. The Hall–Kier alpha value is 0.530. The van der Waals surface area contributed by atoms with Gasteiger partial charge >= 0.3 is 101 Å². The van der Waals surface area contributed by atoms with Gasteiger partial charge in [0.2, 0.25) is 0 Å². The van der Waals surface area contributed by atoms with Crippen molar-refractivity contribution in [2.45, 2.75) is 70.2 Å². The molecule has 0 bridgehead atoms. The Labute approximate surface area is 101 Å². The summed E-state index contributed by atoms with van der Waals surface area (Å²) in [5.74, 6) is 0. The van der Waals surface area contributed by atoms with Gasteiger partial charge in [-0.05, 0) is 0 Å². The van der Waals surface area contributed by atoms with Gasteiger partial charge in [0, 0.05) is 0 Å². The fraction of sp³-hybridized carbons (Fsp3) is 0.846. The topological polar surface area (TPSA) is 0 Å². The van der Waals surface area contributed by atoms with E-state index in [1.54, 1.807) is 0 Å². The SMILES string of the molecule is CC/C=C(\CCCCC)[Te]CCCC. The van der Waals surface area contributed by atoms with Crippen molar-refractivity contribution in [2.24, 2.45) is 0 Å². The van der Waals surface area contributed by atoms with Gasteiger partial charge in [0.25, 0.3) is 0 Å². The molecule has 0 atom stereocenters. The van der Waals surface area contributed by atoms with Crippen LogP contribution in [-0.2, 0) is 0 Å². The van der Waals surface area contributed by atoms with Gasteiger partial charge in [0.15, 0.2) is 0 Å². The second-order valence-corrected chi connectivity index (χ2v) is 7.22. The number of rotatable bonds is 9. The van der Waals surface area contributed by atoms with Crippen molar-refractivity contribution in [2.75, 3.05) is 0 Å². The van der Waals surface area contributed by atoms with E-state index < -0.39 is 0 Å². The van der Waals surface area contributed by atoms with E-state index in [1.807, 2.05) is 3.62 Å². The predicted molar refractivity (Wildman–Crippen MR) is 68.0 cm³/mol. The summed E-state index contributed by atoms with van der Waals surface area (Å²) in [7, 11) is 0. The summed E-state index contributed by atoms with van der Waals surface area (Å²) in [6.07, 6.45) is 12.2. The molecule has 0 heterocycles. The van der Waals surface area contributed by atoms with Crippen LogP contribution >= 0.6 is 0 Å². The molecule has 0 amide bonds. The maximum absolute atomic E-state index is 2.51. The first-order valence-corrected chi connectivity index (χ1v) is 8.98. The standard InChI is InChI=1S/C13H26Te/c1-4-7-9-11-13(10-6-3)14-12-8-5-2/h10H,4-9,11-12H2,1-3H3/b13-10+. The van der Waals surface area contributed by atoms with Crippen LogP contribution in [0.25, 0.3) is 0 Å². The van der Waals surface area contributed by atoms with Crippen LogP contribution in [-0.4, -0.2) is 20.9 Å². The van der Waals surface area contributed by atoms with Crippen molar-refractivity contribution in [3.63, 3.8) is 0 Å². The molecule has 0 aromatic heterocycles. The Kier molecular flexibility index (Phi) is 12.0. The van der Waals surface area contributed by atoms with Gasteiger partial charge in [-0.1, -0.05) is 0 Å². The molecule has 0 radical (unpaired) electrons. The van der Waals surface area contributed by atoms with Crippen LogP contribution in [0.15, 0.2) is 9.70 Å². The number of hydrogen-bond acceptors (Lipinski definition) is 0. The zero-order valence-electron chi connectivity index (χ0n) is 10.1. The predicted octanol–water partition coefficient (Wildman–Crippen LogP) is 4.78. The quantitative estimate of drug-likeness (QED) is 0.424. The third-order valence-corrected chi connectivity index (χ3v) is 5.77. The Balaban J connectivity index is 3.61. The Morgan fingerprint density at radius 1 is 1.00 bits per heavy atom. The first-order chi connectivity index (χ1) is 6.85. The zero-order chi connectivity index (χ0) is 10.6. The summed E-state index contributed by atoms with van der Waals surface area (Å²) in [6, 6.07) is 0. The number of hydrogen-bond donors (Lipinski definition) is 0. The van der Waals surface area contributed by atoms with Crippen LogP contribution in [0.2, 0.25) is 4.47 Å². The van der Waals surface area contributed by atoms with E-state index >= 15 is 0 Å². The molecule has 0 aliphatic carbocycles. The van der Waals surface area contributed by atoms with Gasteiger partial charge in [0.05, 0.1) is 0 Å². The van der Waals surface area contributed by atoms with Crippen LogP contribution < -0.4 is 0 Å². The molecule has 0 rings (SSSR count). The molecule has 0 aromatic carbocycles. The molecule has 0 unspecified atom stereocenters. The summed E-state index contributed by atoms with van der Waals surface area (Å²) in [5, 5.41) is 0. The molecule has 0 saturated carbocycles. The molecule has 14 heavy (non-hydrogen) atoms. The molecule has 84 valence electrons. The molecule has 0 nitrogen and oxygen atoms in total. The van der Waals surface area contributed by atoms with Gasteiger partial charge in [-0.25, -0.2) is 0 Å². The summed E-state index contributed by atoms with van der Waals surface area (Å²) < 4.78 is 3.37. The van der Waals surface area contributed by atoms with Crippen LogP contribution in [0, 0.1) is 0 Å². The van der Waals surface area contributed by atoms with E-state index in [-0.39, 0.29) is 20.9 Å². The summed E-state index contributed by atoms with van der Waals surface area (Å²) in [5.41, 5.74) is 0. The fourth-order valence-corrected chi connectivity index (χ4v) is 4.98. The molecule has 0 spiro atoms.